The molecule has 0 saturated heterocycles. The van der Waals surface area contributed by atoms with E-state index in [0.29, 0.717) is 31.3 Å². The number of nitro benzene ring substituents is 1. The van der Waals surface area contributed by atoms with Crippen LogP contribution in [0.3, 0.4) is 0 Å². The molecule has 0 bridgehead atoms. The quantitative estimate of drug-likeness (QED) is 0.169. The Morgan fingerprint density at radius 3 is 2.50 bits per heavy atom. The maximum Gasteiger partial charge on any atom is 0.416 e. The molecule has 0 aromatic heterocycles. The van der Waals surface area contributed by atoms with Crippen molar-refractivity contribution < 1.29 is 22.8 Å². The van der Waals surface area contributed by atoms with Crippen LogP contribution in [-0.2, 0) is 6.18 Å². The lowest BCUT2D eigenvalue weighted by Crippen LogP contribution is -2.06. The Bertz CT molecular complexity index is 1230. The highest BCUT2D eigenvalue weighted by Gasteiger charge is 2.33. The molecular weight excluding hydrogens is 580 g/mol. The molecule has 0 fully saturated rings. The summed E-state index contributed by atoms with van der Waals surface area (Å²) in [7, 11) is 0. The molecule has 0 heterocycles. The van der Waals surface area contributed by atoms with Crippen LogP contribution in [-0.4, -0.2) is 11.1 Å². The number of alkyl halides is 3. The number of nitrogens with zero attached hydrogens (tertiary/aromatic N) is 2. The third-order valence-corrected chi connectivity index (χ3v) is 5.53. The van der Waals surface area contributed by atoms with E-state index in [2.05, 4.69) is 36.9 Å². The van der Waals surface area contributed by atoms with Gasteiger partial charge < -0.3 is 4.74 Å². The normalized spacial score (nSPS) is 11.7. The number of hydrogen-bond acceptors (Lipinski definition) is 4. The number of nitro groups is 1. The zero-order chi connectivity index (χ0) is 23.6. The number of rotatable bonds is 5. The summed E-state index contributed by atoms with van der Waals surface area (Å²) in [6, 6.07) is 10.5. The molecule has 0 amide bonds. The van der Waals surface area contributed by atoms with Gasteiger partial charge in [0, 0.05) is 27.3 Å². The van der Waals surface area contributed by atoms with Crippen LogP contribution in [0.2, 0.25) is 5.02 Å². The first-order chi connectivity index (χ1) is 15.0. The van der Waals surface area contributed by atoms with E-state index in [0.717, 1.165) is 17.7 Å². The van der Waals surface area contributed by atoms with E-state index >= 15 is 0 Å². The van der Waals surface area contributed by atoms with Gasteiger partial charge in [-0.25, -0.2) is 0 Å². The number of aryl methyl sites for hydroxylation is 1. The van der Waals surface area contributed by atoms with E-state index in [1.54, 1.807) is 30.3 Å². The van der Waals surface area contributed by atoms with Crippen molar-refractivity contribution in [2.24, 2.45) is 4.99 Å². The van der Waals surface area contributed by atoms with Gasteiger partial charge in [0.25, 0.3) is 0 Å². The van der Waals surface area contributed by atoms with Gasteiger partial charge in [-0.15, -0.1) is 0 Å². The number of benzene rings is 3. The van der Waals surface area contributed by atoms with E-state index in [1.807, 2.05) is 6.92 Å². The Morgan fingerprint density at radius 2 is 1.84 bits per heavy atom. The predicted octanol–water partition coefficient (Wildman–Crippen LogP) is 8.64. The topological polar surface area (TPSA) is 64.7 Å². The highest BCUT2D eigenvalue weighted by atomic mass is 79.9. The SMILES string of the molecule is Cc1ccc(Cl)cc1N=Cc1cc(Br)cc(Br)c1Oc1ccc(C(F)(F)F)cc1[N+](=O)[O-]. The number of aliphatic imine (C=N–C) groups is 1. The molecule has 0 saturated carbocycles. The molecule has 0 unspecified atom stereocenters. The summed E-state index contributed by atoms with van der Waals surface area (Å²) in [5, 5.41) is 11.9. The summed E-state index contributed by atoms with van der Waals surface area (Å²) < 4.78 is 45.7. The van der Waals surface area contributed by atoms with Crippen molar-refractivity contribution in [1.29, 1.82) is 0 Å². The number of halogens is 6. The Kier molecular flexibility index (Phi) is 7.26. The van der Waals surface area contributed by atoms with Gasteiger partial charge >= 0.3 is 11.9 Å². The minimum Gasteiger partial charge on any atom is -0.448 e. The zero-order valence-electron chi connectivity index (χ0n) is 16.1. The van der Waals surface area contributed by atoms with Crippen molar-refractivity contribution in [2.75, 3.05) is 0 Å². The standard InChI is InChI=1S/C21H12Br2ClF3N2O3/c1-11-2-4-15(24)9-17(11)28-10-12-6-14(22)8-16(23)20(12)32-19-5-3-13(21(25,26)27)7-18(19)29(30)31/h2-10H,1H3. The lowest BCUT2D eigenvalue weighted by Gasteiger charge is -2.13. The third-order valence-electron chi connectivity index (χ3n) is 4.25. The molecule has 32 heavy (non-hydrogen) atoms. The van der Waals surface area contributed by atoms with E-state index in [9.17, 15) is 23.3 Å². The average Bonchev–Trinajstić information content (AvgIpc) is 2.70. The molecule has 0 spiro atoms. The molecule has 11 heteroatoms. The maximum atomic E-state index is 13.0. The van der Waals surface area contributed by atoms with Gasteiger partial charge in [-0.05, 0) is 64.8 Å². The minimum absolute atomic E-state index is 0.138. The lowest BCUT2D eigenvalue weighted by atomic mass is 10.1. The predicted molar refractivity (Wildman–Crippen MR) is 123 cm³/mol. The molecular formula is C21H12Br2ClF3N2O3. The monoisotopic (exact) mass is 590 g/mol. The first kappa shape index (κ1) is 24.2. The first-order valence-corrected chi connectivity index (χ1v) is 10.7. The summed E-state index contributed by atoms with van der Waals surface area (Å²) in [6.45, 7) is 1.85. The molecule has 3 rings (SSSR count). The summed E-state index contributed by atoms with van der Waals surface area (Å²) in [5.41, 5.74) is -0.0895. The fourth-order valence-corrected chi connectivity index (χ4v) is 4.18. The van der Waals surface area contributed by atoms with Crippen molar-refractivity contribution in [3.05, 3.63) is 89.3 Å². The molecule has 3 aromatic rings. The number of ether oxygens (including phenoxy) is 1. The van der Waals surface area contributed by atoms with E-state index in [1.165, 1.54) is 6.21 Å². The van der Waals surface area contributed by atoms with Crippen LogP contribution >= 0.6 is 43.5 Å². The summed E-state index contributed by atoms with van der Waals surface area (Å²) in [5.74, 6) is -0.209. The van der Waals surface area contributed by atoms with E-state index in [4.69, 9.17) is 16.3 Å². The summed E-state index contributed by atoms with van der Waals surface area (Å²) >= 11 is 12.7. The van der Waals surface area contributed by atoms with Crippen molar-refractivity contribution in [3.63, 3.8) is 0 Å². The van der Waals surface area contributed by atoms with E-state index in [-0.39, 0.29) is 11.5 Å². The van der Waals surface area contributed by atoms with Crippen LogP contribution in [0.15, 0.2) is 62.5 Å². The van der Waals surface area contributed by atoms with Crippen molar-refractivity contribution in [3.8, 4) is 11.5 Å². The van der Waals surface area contributed by atoms with Gasteiger partial charge in [0.1, 0.15) is 0 Å². The van der Waals surface area contributed by atoms with Crippen molar-refractivity contribution in [1.82, 2.24) is 0 Å². The summed E-state index contributed by atoms with van der Waals surface area (Å²) in [4.78, 5) is 14.9. The highest BCUT2D eigenvalue weighted by Crippen LogP contribution is 2.41. The van der Waals surface area contributed by atoms with Crippen LogP contribution < -0.4 is 4.74 Å². The fourth-order valence-electron chi connectivity index (χ4n) is 2.68. The maximum absolute atomic E-state index is 13.0. The van der Waals surface area contributed by atoms with Gasteiger partial charge in [0.05, 0.1) is 20.6 Å². The average molecular weight is 593 g/mol. The minimum atomic E-state index is -4.73. The van der Waals surface area contributed by atoms with Gasteiger partial charge in [-0.3, -0.25) is 15.1 Å². The summed E-state index contributed by atoms with van der Waals surface area (Å²) in [6.07, 6.45) is -3.26. The van der Waals surface area contributed by atoms with Crippen molar-refractivity contribution in [2.45, 2.75) is 13.1 Å². The highest BCUT2D eigenvalue weighted by molar-refractivity contribution is 9.11. The Labute approximate surface area is 202 Å². The largest absolute Gasteiger partial charge is 0.448 e. The van der Waals surface area contributed by atoms with Gasteiger partial charge in [-0.2, -0.15) is 13.2 Å². The van der Waals surface area contributed by atoms with Crippen LogP contribution in [0.1, 0.15) is 16.7 Å². The smallest absolute Gasteiger partial charge is 0.416 e. The first-order valence-electron chi connectivity index (χ1n) is 8.78. The lowest BCUT2D eigenvalue weighted by molar-refractivity contribution is -0.385. The molecule has 5 nitrogen and oxygen atoms in total. The molecule has 0 atom stereocenters. The fraction of sp³-hybridized carbons (Fsp3) is 0.0952. The Balaban J connectivity index is 2.07. The zero-order valence-corrected chi connectivity index (χ0v) is 20.0. The van der Waals surface area contributed by atoms with Crippen LogP contribution in [0.4, 0.5) is 24.5 Å². The molecule has 0 radical (unpaired) electrons. The molecule has 0 aliphatic heterocycles. The van der Waals surface area contributed by atoms with Gasteiger partial charge in [-0.1, -0.05) is 33.6 Å². The third kappa shape index (κ3) is 5.67. The second-order valence-corrected chi connectivity index (χ2v) is 8.74. The second kappa shape index (κ2) is 9.60. The Hall–Kier alpha value is -2.43. The Morgan fingerprint density at radius 1 is 1.12 bits per heavy atom. The molecule has 0 aliphatic carbocycles. The van der Waals surface area contributed by atoms with Gasteiger partial charge in [0.15, 0.2) is 5.75 Å². The van der Waals surface area contributed by atoms with Crippen molar-refractivity contribution >= 4 is 61.1 Å². The number of hydrogen-bond donors (Lipinski definition) is 0. The second-order valence-electron chi connectivity index (χ2n) is 6.53. The van der Waals surface area contributed by atoms with Crippen LogP contribution in [0.5, 0.6) is 11.5 Å². The van der Waals surface area contributed by atoms with E-state index < -0.39 is 22.4 Å². The molecule has 0 aliphatic rings. The van der Waals surface area contributed by atoms with Crippen LogP contribution in [0.25, 0.3) is 0 Å². The van der Waals surface area contributed by atoms with Gasteiger partial charge in [0.2, 0.25) is 5.75 Å². The molecule has 0 N–H and O–H groups in total. The van der Waals surface area contributed by atoms with Crippen LogP contribution in [0, 0.1) is 17.0 Å². The molecule has 166 valence electrons. The molecule has 3 aromatic carbocycles.